The molecule has 2 rings (SSSR count). The third-order valence-electron chi connectivity index (χ3n) is 2.93. The van der Waals surface area contributed by atoms with Crippen molar-refractivity contribution < 1.29 is 9.90 Å². The molecule has 5 heteroatoms. The second kappa shape index (κ2) is 4.16. The molecule has 17 heavy (non-hydrogen) atoms. The van der Waals surface area contributed by atoms with E-state index in [1.807, 2.05) is 20.9 Å². The van der Waals surface area contributed by atoms with Crippen molar-refractivity contribution in [2.75, 3.05) is 0 Å². The summed E-state index contributed by atoms with van der Waals surface area (Å²) in [5.74, 6) is -0.856. The first kappa shape index (κ1) is 11.6. The molecule has 2 heterocycles. The van der Waals surface area contributed by atoms with Gasteiger partial charge < -0.3 is 9.67 Å². The van der Waals surface area contributed by atoms with Crippen LogP contribution in [-0.4, -0.2) is 25.6 Å². The minimum atomic E-state index is -0.841. The van der Waals surface area contributed by atoms with Crippen molar-refractivity contribution in [1.82, 2.24) is 14.5 Å². The number of pyridine rings is 1. The van der Waals surface area contributed by atoms with Gasteiger partial charge in [0, 0.05) is 13.2 Å². The van der Waals surface area contributed by atoms with Crippen LogP contribution in [0.5, 0.6) is 0 Å². The molecule has 1 unspecified atom stereocenters. The monoisotopic (exact) mass is 233 g/mol. The van der Waals surface area contributed by atoms with Crippen LogP contribution in [0.15, 0.2) is 18.5 Å². The van der Waals surface area contributed by atoms with Gasteiger partial charge in [-0.15, -0.1) is 0 Å². The van der Waals surface area contributed by atoms with Crippen LogP contribution in [0.3, 0.4) is 0 Å². The first-order chi connectivity index (χ1) is 8.02. The largest absolute Gasteiger partial charge is 0.481 e. The topological polar surface area (TPSA) is 68.0 Å². The fourth-order valence-corrected chi connectivity index (χ4v) is 2.03. The zero-order valence-corrected chi connectivity index (χ0v) is 10.1. The number of carbonyl (C=O) groups is 1. The molecule has 0 saturated carbocycles. The highest BCUT2D eigenvalue weighted by Gasteiger charge is 2.28. The molecular weight excluding hydrogens is 218 g/mol. The van der Waals surface area contributed by atoms with Gasteiger partial charge >= 0.3 is 5.97 Å². The minimum absolute atomic E-state index is 0.00373. The Morgan fingerprint density at radius 2 is 2.18 bits per heavy atom. The summed E-state index contributed by atoms with van der Waals surface area (Å²) >= 11 is 0. The molecule has 5 nitrogen and oxygen atoms in total. The normalized spacial score (nSPS) is 13.2. The summed E-state index contributed by atoms with van der Waals surface area (Å²) in [5.41, 5.74) is 1.64. The predicted octanol–water partition coefficient (Wildman–Crippen LogP) is 1.79. The molecule has 0 aliphatic carbocycles. The standard InChI is InChI=1S/C12H15N3O2/c1-7(2)10(12(16)17)11-14-8-4-5-13-6-9(8)15(11)3/h4-7,10H,1-3H3,(H,16,17). The quantitative estimate of drug-likeness (QED) is 0.877. The zero-order chi connectivity index (χ0) is 12.6. The zero-order valence-electron chi connectivity index (χ0n) is 10.1. The van der Waals surface area contributed by atoms with Crippen molar-refractivity contribution in [1.29, 1.82) is 0 Å². The van der Waals surface area contributed by atoms with Gasteiger partial charge in [0.1, 0.15) is 11.7 Å². The number of nitrogens with zero attached hydrogens (tertiary/aromatic N) is 3. The SMILES string of the molecule is CC(C)C(C(=O)O)c1nc2ccncc2n1C. The Balaban J connectivity index is 2.61. The smallest absolute Gasteiger partial charge is 0.314 e. The summed E-state index contributed by atoms with van der Waals surface area (Å²) < 4.78 is 1.81. The number of imidazole rings is 1. The van der Waals surface area contributed by atoms with E-state index in [-0.39, 0.29) is 5.92 Å². The van der Waals surface area contributed by atoms with Crippen LogP contribution in [0.2, 0.25) is 0 Å². The number of hydrogen-bond donors (Lipinski definition) is 1. The van der Waals surface area contributed by atoms with Gasteiger partial charge in [0.2, 0.25) is 0 Å². The highest BCUT2D eigenvalue weighted by Crippen LogP contribution is 2.26. The molecule has 0 fully saturated rings. The fraction of sp³-hybridized carbons (Fsp3) is 0.417. The lowest BCUT2D eigenvalue weighted by molar-refractivity contribution is -0.140. The van der Waals surface area contributed by atoms with Gasteiger partial charge in [-0.1, -0.05) is 13.8 Å². The second-order valence-electron chi connectivity index (χ2n) is 4.45. The van der Waals surface area contributed by atoms with E-state index >= 15 is 0 Å². The van der Waals surface area contributed by atoms with E-state index in [4.69, 9.17) is 0 Å². The molecule has 90 valence electrons. The molecule has 0 bridgehead atoms. The van der Waals surface area contributed by atoms with Gasteiger partial charge in [0.25, 0.3) is 0 Å². The average Bonchev–Trinajstić information content (AvgIpc) is 2.56. The van der Waals surface area contributed by atoms with Crippen LogP contribution in [0.25, 0.3) is 11.0 Å². The summed E-state index contributed by atoms with van der Waals surface area (Å²) in [7, 11) is 1.82. The number of aryl methyl sites for hydroxylation is 1. The molecular formula is C12H15N3O2. The lowest BCUT2D eigenvalue weighted by Crippen LogP contribution is -2.21. The van der Waals surface area contributed by atoms with E-state index in [1.54, 1.807) is 23.0 Å². The van der Waals surface area contributed by atoms with E-state index in [1.165, 1.54) is 0 Å². The van der Waals surface area contributed by atoms with Gasteiger partial charge in [0.05, 0.1) is 17.2 Å². The van der Waals surface area contributed by atoms with Crippen molar-refractivity contribution in [2.45, 2.75) is 19.8 Å². The van der Waals surface area contributed by atoms with Gasteiger partial charge in [-0.05, 0) is 12.0 Å². The first-order valence-electron chi connectivity index (χ1n) is 5.51. The van der Waals surface area contributed by atoms with Crippen LogP contribution in [-0.2, 0) is 11.8 Å². The van der Waals surface area contributed by atoms with E-state index in [9.17, 15) is 9.90 Å². The highest BCUT2D eigenvalue weighted by atomic mass is 16.4. The first-order valence-corrected chi connectivity index (χ1v) is 5.51. The Hall–Kier alpha value is -1.91. The molecule has 0 aromatic carbocycles. The molecule has 2 aromatic rings. The summed E-state index contributed by atoms with van der Waals surface area (Å²) in [4.78, 5) is 19.7. The van der Waals surface area contributed by atoms with Crippen LogP contribution < -0.4 is 0 Å². The molecule has 0 saturated heterocycles. The number of carboxylic acids is 1. The number of hydrogen-bond acceptors (Lipinski definition) is 3. The molecule has 1 atom stereocenters. The fourth-order valence-electron chi connectivity index (χ4n) is 2.03. The molecule has 0 amide bonds. The summed E-state index contributed by atoms with van der Waals surface area (Å²) in [6, 6.07) is 1.79. The van der Waals surface area contributed by atoms with Crippen molar-refractivity contribution in [3.8, 4) is 0 Å². The Kier molecular flexibility index (Phi) is 2.83. The number of carboxylic acid groups (broad SMARTS) is 1. The minimum Gasteiger partial charge on any atom is -0.481 e. The van der Waals surface area contributed by atoms with Crippen molar-refractivity contribution >= 4 is 17.0 Å². The summed E-state index contributed by atoms with van der Waals surface area (Å²) in [6.07, 6.45) is 3.36. The molecule has 0 aliphatic heterocycles. The molecule has 2 aromatic heterocycles. The predicted molar refractivity (Wildman–Crippen MR) is 63.7 cm³/mol. The Bertz CT molecular complexity index is 560. The van der Waals surface area contributed by atoms with E-state index in [0.29, 0.717) is 5.82 Å². The van der Waals surface area contributed by atoms with Gasteiger partial charge in [-0.3, -0.25) is 9.78 Å². The van der Waals surface area contributed by atoms with E-state index in [0.717, 1.165) is 11.0 Å². The maximum Gasteiger partial charge on any atom is 0.314 e. The van der Waals surface area contributed by atoms with Crippen molar-refractivity contribution in [3.05, 3.63) is 24.3 Å². The van der Waals surface area contributed by atoms with Crippen LogP contribution >= 0.6 is 0 Å². The average molecular weight is 233 g/mol. The van der Waals surface area contributed by atoms with Crippen LogP contribution in [0.4, 0.5) is 0 Å². The van der Waals surface area contributed by atoms with Gasteiger partial charge in [-0.25, -0.2) is 4.98 Å². The maximum atomic E-state index is 11.3. The van der Waals surface area contributed by atoms with E-state index in [2.05, 4.69) is 9.97 Å². The number of rotatable bonds is 3. The molecule has 0 aliphatic rings. The van der Waals surface area contributed by atoms with E-state index < -0.39 is 11.9 Å². The number of aliphatic carboxylic acids is 1. The lowest BCUT2D eigenvalue weighted by atomic mass is 9.95. The van der Waals surface area contributed by atoms with Crippen molar-refractivity contribution in [2.24, 2.45) is 13.0 Å². The van der Waals surface area contributed by atoms with Gasteiger partial charge in [0.15, 0.2) is 0 Å². The third kappa shape index (κ3) is 1.88. The van der Waals surface area contributed by atoms with Gasteiger partial charge in [-0.2, -0.15) is 0 Å². The summed E-state index contributed by atoms with van der Waals surface area (Å²) in [6.45, 7) is 3.77. The molecule has 1 N–H and O–H groups in total. The van der Waals surface area contributed by atoms with Crippen molar-refractivity contribution in [3.63, 3.8) is 0 Å². The maximum absolute atomic E-state index is 11.3. The van der Waals surface area contributed by atoms with Crippen LogP contribution in [0.1, 0.15) is 25.6 Å². The lowest BCUT2D eigenvalue weighted by Gasteiger charge is -2.15. The number of fused-ring (bicyclic) bond motifs is 1. The Morgan fingerprint density at radius 1 is 1.47 bits per heavy atom. The summed E-state index contributed by atoms with van der Waals surface area (Å²) in [5, 5.41) is 9.28. The number of aromatic nitrogens is 3. The molecule has 0 radical (unpaired) electrons. The Labute approximate surface area is 99.1 Å². The van der Waals surface area contributed by atoms with Crippen LogP contribution in [0, 0.1) is 5.92 Å². The molecule has 0 spiro atoms. The Morgan fingerprint density at radius 3 is 2.71 bits per heavy atom. The third-order valence-corrected chi connectivity index (χ3v) is 2.93. The highest BCUT2D eigenvalue weighted by molar-refractivity contribution is 5.79. The second-order valence-corrected chi connectivity index (χ2v) is 4.45.